The summed E-state index contributed by atoms with van der Waals surface area (Å²) in [6.07, 6.45) is 4.56. The van der Waals surface area contributed by atoms with Crippen LogP contribution in [0, 0.1) is 5.41 Å². The molecular weight excluding hydrogens is 347 g/mol. The van der Waals surface area contributed by atoms with Crippen molar-refractivity contribution in [2.24, 2.45) is 5.41 Å². The second-order valence-electron chi connectivity index (χ2n) is 6.39. The van der Waals surface area contributed by atoms with E-state index < -0.39 is 23.8 Å². The van der Waals surface area contributed by atoms with E-state index in [0.29, 0.717) is 6.42 Å². The van der Waals surface area contributed by atoms with Gasteiger partial charge in [-0.25, -0.2) is 0 Å². The molecule has 0 saturated carbocycles. The van der Waals surface area contributed by atoms with Crippen LogP contribution in [-0.4, -0.2) is 37.2 Å². The standard InChI is InChI=1S/C12H15O3.3CH3.Sn/c1-4-5-6-12(11(14)15-3)8-10(13)7-9(12)2;;;;/h5,7H,6,8H2,1-3H3;3*1H3;. The van der Waals surface area contributed by atoms with E-state index in [2.05, 4.69) is 27.8 Å². The van der Waals surface area contributed by atoms with Gasteiger partial charge in [0.1, 0.15) is 0 Å². The van der Waals surface area contributed by atoms with E-state index in [9.17, 15) is 9.59 Å². The van der Waals surface area contributed by atoms with Crippen molar-refractivity contribution in [3.8, 4) is 0 Å². The van der Waals surface area contributed by atoms with Crippen LogP contribution in [0.3, 0.4) is 0 Å². The van der Waals surface area contributed by atoms with E-state index in [1.165, 1.54) is 10.7 Å². The molecule has 0 saturated heterocycles. The van der Waals surface area contributed by atoms with E-state index in [1.807, 2.05) is 6.92 Å². The Hall–Kier alpha value is -0.581. The van der Waals surface area contributed by atoms with E-state index in [4.69, 9.17) is 4.74 Å². The average Bonchev–Trinajstić information content (AvgIpc) is 2.59. The molecule has 0 aromatic carbocycles. The van der Waals surface area contributed by atoms with Gasteiger partial charge in [0, 0.05) is 0 Å². The Morgan fingerprint density at radius 2 is 2.05 bits per heavy atom. The summed E-state index contributed by atoms with van der Waals surface area (Å²) < 4.78 is 6.35. The van der Waals surface area contributed by atoms with Crippen molar-refractivity contribution in [1.29, 1.82) is 0 Å². The molecule has 1 atom stereocenters. The monoisotopic (exact) mass is 372 g/mol. The Labute approximate surface area is 120 Å². The van der Waals surface area contributed by atoms with Crippen LogP contribution in [-0.2, 0) is 14.3 Å². The van der Waals surface area contributed by atoms with Gasteiger partial charge in [-0.1, -0.05) is 0 Å². The van der Waals surface area contributed by atoms with Crippen molar-refractivity contribution in [3.63, 3.8) is 0 Å². The van der Waals surface area contributed by atoms with Crippen molar-refractivity contribution in [2.45, 2.75) is 41.5 Å². The second-order valence-corrected chi connectivity index (χ2v) is 21.5. The molecule has 1 aliphatic carbocycles. The Bertz CT molecular complexity index is 455. The van der Waals surface area contributed by atoms with Crippen molar-refractivity contribution >= 4 is 30.1 Å². The predicted molar refractivity (Wildman–Crippen MR) is 79.6 cm³/mol. The number of hydrogen-bond acceptors (Lipinski definition) is 3. The fourth-order valence-electron chi connectivity index (χ4n) is 2.25. The molecule has 4 heteroatoms. The van der Waals surface area contributed by atoms with Crippen LogP contribution in [0.4, 0.5) is 0 Å². The Balaban J connectivity index is 3.07. The number of methoxy groups -OCH3 is 1. The molecule has 19 heavy (non-hydrogen) atoms. The van der Waals surface area contributed by atoms with Gasteiger partial charge in [-0.3, -0.25) is 0 Å². The number of ether oxygens (including phenoxy) is 1. The normalized spacial score (nSPS) is 24.4. The van der Waals surface area contributed by atoms with Gasteiger partial charge in [0.15, 0.2) is 0 Å². The van der Waals surface area contributed by atoms with E-state index in [1.54, 1.807) is 6.08 Å². The number of carbonyl (C=O) groups excluding carboxylic acids is 2. The first-order chi connectivity index (χ1) is 8.63. The zero-order valence-electron chi connectivity index (χ0n) is 12.8. The number of rotatable bonds is 4. The van der Waals surface area contributed by atoms with Gasteiger partial charge >= 0.3 is 120 Å². The zero-order valence-corrected chi connectivity index (χ0v) is 15.6. The fourth-order valence-corrected chi connectivity index (χ4v) is 4.29. The molecule has 106 valence electrons. The number of esters is 1. The molecule has 0 amide bonds. The summed E-state index contributed by atoms with van der Waals surface area (Å²) in [6, 6.07) is 0. The second kappa shape index (κ2) is 5.81. The first-order valence-electron chi connectivity index (χ1n) is 6.61. The number of allylic oxidation sites excluding steroid dienone is 3. The molecule has 0 N–H and O–H groups in total. The van der Waals surface area contributed by atoms with Crippen molar-refractivity contribution < 1.29 is 14.3 Å². The molecule has 0 aromatic rings. The maximum absolute atomic E-state index is 12.1. The zero-order chi connectivity index (χ0) is 14.8. The summed E-state index contributed by atoms with van der Waals surface area (Å²) in [4.78, 5) is 30.8. The molecule has 1 aliphatic rings. The fraction of sp³-hybridized carbons (Fsp3) is 0.600. The van der Waals surface area contributed by atoms with Crippen LogP contribution in [0.5, 0.6) is 0 Å². The Morgan fingerprint density at radius 1 is 1.47 bits per heavy atom. The van der Waals surface area contributed by atoms with Crippen molar-refractivity contribution in [3.05, 3.63) is 21.3 Å². The number of carbonyl (C=O) groups is 2. The van der Waals surface area contributed by atoms with Crippen molar-refractivity contribution in [2.75, 3.05) is 7.11 Å². The molecule has 1 rings (SSSR count). The average molecular weight is 371 g/mol. The Morgan fingerprint density at radius 3 is 2.42 bits per heavy atom. The van der Waals surface area contributed by atoms with Gasteiger partial charge in [-0.2, -0.15) is 0 Å². The van der Waals surface area contributed by atoms with Gasteiger partial charge in [-0.05, 0) is 0 Å². The molecule has 0 heterocycles. The molecule has 0 aromatic heterocycles. The van der Waals surface area contributed by atoms with Crippen LogP contribution in [0.2, 0.25) is 14.8 Å². The number of ketones is 1. The first kappa shape index (κ1) is 16.5. The number of hydrogen-bond donors (Lipinski definition) is 0. The molecule has 3 nitrogen and oxygen atoms in total. The maximum atomic E-state index is 12.1. The summed E-state index contributed by atoms with van der Waals surface area (Å²) in [6.45, 7) is 4.00. The molecular formula is C15H24O3Sn. The van der Waals surface area contributed by atoms with Crippen LogP contribution in [0.15, 0.2) is 21.3 Å². The molecule has 1 unspecified atom stereocenters. The predicted octanol–water partition coefficient (Wildman–Crippen LogP) is 3.28. The summed E-state index contributed by atoms with van der Waals surface area (Å²) in [7, 11) is 1.39. The molecule has 0 aliphatic heterocycles. The van der Waals surface area contributed by atoms with Gasteiger partial charge in [-0.15, -0.1) is 0 Å². The van der Waals surface area contributed by atoms with Crippen LogP contribution in [0.25, 0.3) is 0 Å². The first-order valence-corrected chi connectivity index (χ1v) is 16.6. The SMILES string of the molecule is COC(=O)C1(C/C=[C](\C)[Sn]([CH3])([CH3])[CH3])CC(=O)C=C1C. The van der Waals surface area contributed by atoms with E-state index in [0.717, 1.165) is 5.57 Å². The molecule has 0 bridgehead atoms. The van der Waals surface area contributed by atoms with Crippen LogP contribution >= 0.6 is 0 Å². The van der Waals surface area contributed by atoms with E-state index >= 15 is 0 Å². The van der Waals surface area contributed by atoms with Gasteiger partial charge < -0.3 is 0 Å². The minimum atomic E-state index is -2.07. The summed E-state index contributed by atoms with van der Waals surface area (Å²) in [5.41, 5.74) is 0.0713. The van der Waals surface area contributed by atoms with Gasteiger partial charge in [0.05, 0.1) is 0 Å². The third-order valence-electron chi connectivity index (χ3n) is 4.12. The molecule has 0 radical (unpaired) electrons. The summed E-state index contributed by atoms with van der Waals surface area (Å²) in [5, 5.41) is 0. The molecule has 0 fully saturated rings. The molecule has 0 spiro atoms. The van der Waals surface area contributed by atoms with Gasteiger partial charge in [0.25, 0.3) is 0 Å². The third-order valence-corrected chi connectivity index (χ3v) is 11.5. The van der Waals surface area contributed by atoms with Crippen molar-refractivity contribution in [1.82, 2.24) is 0 Å². The summed E-state index contributed by atoms with van der Waals surface area (Å²) in [5.74, 6) is -0.270. The topological polar surface area (TPSA) is 43.4 Å². The van der Waals surface area contributed by atoms with Gasteiger partial charge in [0.2, 0.25) is 0 Å². The summed E-state index contributed by atoms with van der Waals surface area (Å²) >= 11 is -2.07. The quantitative estimate of drug-likeness (QED) is 0.563. The third kappa shape index (κ3) is 3.50. The Kier molecular flexibility index (Phi) is 5.04. The minimum absolute atomic E-state index is 0.0215. The van der Waals surface area contributed by atoms with Crippen LogP contribution < -0.4 is 0 Å². The van der Waals surface area contributed by atoms with E-state index in [-0.39, 0.29) is 18.2 Å². The van der Waals surface area contributed by atoms with Crippen LogP contribution in [0.1, 0.15) is 26.7 Å².